The van der Waals surface area contributed by atoms with Crippen molar-refractivity contribution in [2.75, 3.05) is 0 Å². The molecule has 0 fully saturated rings. The van der Waals surface area contributed by atoms with E-state index in [0.717, 1.165) is 33.2 Å². The van der Waals surface area contributed by atoms with E-state index < -0.39 is 5.97 Å². The normalized spacial score (nSPS) is 10.8. The second-order valence-electron chi connectivity index (χ2n) is 6.91. The summed E-state index contributed by atoms with van der Waals surface area (Å²) in [6, 6.07) is 23.6. The maximum atomic E-state index is 11.6. The fourth-order valence-electron chi connectivity index (χ4n) is 3.53. The zero-order valence-electron chi connectivity index (χ0n) is 15.6. The van der Waals surface area contributed by atoms with E-state index in [1.165, 1.54) is 5.56 Å². The molecule has 28 heavy (non-hydrogen) atoms. The molecule has 0 aliphatic heterocycles. The molecule has 0 bridgehead atoms. The monoisotopic (exact) mass is 366 g/mol. The summed E-state index contributed by atoms with van der Waals surface area (Å²) in [6.45, 7) is 2.05. The maximum Gasteiger partial charge on any atom is 0.352 e. The number of fused-ring (bicyclic) bond motifs is 1. The molecule has 4 aromatic rings. The smallest absolute Gasteiger partial charge is 0.352 e. The Morgan fingerprint density at radius 1 is 0.929 bits per heavy atom. The van der Waals surface area contributed by atoms with Gasteiger partial charge < -0.3 is 9.67 Å². The van der Waals surface area contributed by atoms with Gasteiger partial charge >= 0.3 is 5.97 Å². The van der Waals surface area contributed by atoms with E-state index in [1.54, 1.807) is 29.8 Å². The molecule has 1 aromatic heterocycles. The number of nitrogens with zero attached hydrogens (tertiary/aromatic N) is 2. The molecular formula is C24H18N2O2. The van der Waals surface area contributed by atoms with Crippen LogP contribution in [-0.2, 0) is 7.05 Å². The Balaban J connectivity index is 2.02. The van der Waals surface area contributed by atoms with Crippen molar-refractivity contribution in [1.82, 2.24) is 4.57 Å². The van der Waals surface area contributed by atoms with Gasteiger partial charge in [0.05, 0.1) is 11.6 Å². The summed E-state index contributed by atoms with van der Waals surface area (Å²) >= 11 is 0. The van der Waals surface area contributed by atoms with Crippen molar-refractivity contribution in [3.8, 4) is 28.3 Å². The van der Waals surface area contributed by atoms with Crippen LogP contribution >= 0.6 is 0 Å². The summed E-state index contributed by atoms with van der Waals surface area (Å²) < 4.78 is 1.71. The molecule has 4 heteroatoms. The van der Waals surface area contributed by atoms with Gasteiger partial charge in [-0.2, -0.15) is 5.26 Å². The van der Waals surface area contributed by atoms with Crippen LogP contribution in [0.2, 0.25) is 0 Å². The van der Waals surface area contributed by atoms with E-state index in [1.807, 2.05) is 31.2 Å². The summed E-state index contributed by atoms with van der Waals surface area (Å²) in [5.74, 6) is -0.949. The molecule has 0 saturated heterocycles. The van der Waals surface area contributed by atoms with Crippen LogP contribution in [-0.4, -0.2) is 15.6 Å². The van der Waals surface area contributed by atoms with Gasteiger partial charge in [0.25, 0.3) is 0 Å². The Labute approximate surface area is 162 Å². The van der Waals surface area contributed by atoms with Crippen LogP contribution in [0.25, 0.3) is 33.2 Å². The molecule has 0 amide bonds. The SMILES string of the molecule is Cc1ccc(-c2cc3c(cc2-c2ccc(C#N)cc2)cc(C(=O)O)n3C)cc1. The van der Waals surface area contributed by atoms with Crippen LogP contribution in [0.15, 0.2) is 66.7 Å². The average molecular weight is 366 g/mol. The Morgan fingerprint density at radius 3 is 2.07 bits per heavy atom. The van der Waals surface area contributed by atoms with Gasteiger partial charge in [0.2, 0.25) is 0 Å². The molecule has 0 saturated carbocycles. The highest BCUT2D eigenvalue weighted by molar-refractivity contribution is 6.00. The molecule has 0 radical (unpaired) electrons. The minimum absolute atomic E-state index is 0.252. The predicted molar refractivity (Wildman–Crippen MR) is 110 cm³/mol. The number of rotatable bonds is 3. The van der Waals surface area contributed by atoms with Gasteiger partial charge in [0.15, 0.2) is 0 Å². The minimum atomic E-state index is -0.949. The summed E-state index contributed by atoms with van der Waals surface area (Å²) in [5, 5.41) is 19.4. The minimum Gasteiger partial charge on any atom is -0.477 e. The number of hydrogen-bond donors (Lipinski definition) is 1. The molecule has 136 valence electrons. The van der Waals surface area contributed by atoms with Crippen molar-refractivity contribution in [2.45, 2.75) is 6.92 Å². The number of benzene rings is 3. The predicted octanol–water partition coefficient (Wildman–Crippen LogP) is 5.39. The third-order valence-corrected chi connectivity index (χ3v) is 5.09. The van der Waals surface area contributed by atoms with Gasteiger partial charge in [-0.15, -0.1) is 0 Å². The molecule has 1 N–H and O–H groups in total. The topological polar surface area (TPSA) is 66.0 Å². The fraction of sp³-hybridized carbons (Fsp3) is 0.0833. The Kier molecular flexibility index (Phi) is 4.21. The first-order valence-electron chi connectivity index (χ1n) is 8.92. The highest BCUT2D eigenvalue weighted by Gasteiger charge is 2.16. The van der Waals surface area contributed by atoms with Crippen molar-refractivity contribution in [3.63, 3.8) is 0 Å². The van der Waals surface area contributed by atoms with Gasteiger partial charge in [-0.3, -0.25) is 0 Å². The number of aromatic carboxylic acids is 1. The second kappa shape index (κ2) is 6.71. The van der Waals surface area contributed by atoms with Crippen molar-refractivity contribution < 1.29 is 9.90 Å². The number of carboxylic acids is 1. The summed E-state index contributed by atoms with van der Waals surface area (Å²) in [4.78, 5) is 11.6. The lowest BCUT2D eigenvalue weighted by Gasteiger charge is -2.13. The number of nitriles is 1. The Bertz CT molecular complexity index is 1240. The standard InChI is InChI=1S/C24H18N2O2/c1-15-3-7-17(8-4-15)21-13-22-19(12-23(24(27)28)26(22)2)11-20(21)18-9-5-16(14-25)6-10-18/h3-13H,1-2H3,(H,27,28). The van der Waals surface area contributed by atoms with E-state index in [2.05, 4.69) is 30.3 Å². The maximum absolute atomic E-state index is 11.6. The van der Waals surface area contributed by atoms with E-state index in [9.17, 15) is 9.90 Å². The number of carboxylic acid groups (broad SMARTS) is 1. The lowest BCUT2D eigenvalue weighted by Crippen LogP contribution is -2.03. The Hall–Kier alpha value is -3.84. The highest BCUT2D eigenvalue weighted by atomic mass is 16.4. The van der Waals surface area contributed by atoms with Crippen LogP contribution in [0.3, 0.4) is 0 Å². The van der Waals surface area contributed by atoms with Crippen LogP contribution in [0, 0.1) is 18.3 Å². The zero-order valence-corrected chi connectivity index (χ0v) is 15.6. The number of carbonyl (C=O) groups is 1. The summed E-state index contributed by atoms with van der Waals surface area (Å²) in [5.41, 5.74) is 6.97. The number of hydrogen-bond acceptors (Lipinski definition) is 2. The zero-order chi connectivity index (χ0) is 19.8. The van der Waals surface area contributed by atoms with Crippen molar-refractivity contribution in [3.05, 3.63) is 83.6 Å². The van der Waals surface area contributed by atoms with E-state index >= 15 is 0 Å². The third kappa shape index (κ3) is 2.93. The van der Waals surface area contributed by atoms with Crippen molar-refractivity contribution in [1.29, 1.82) is 5.26 Å². The largest absolute Gasteiger partial charge is 0.477 e. The van der Waals surface area contributed by atoms with E-state index in [0.29, 0.717) is 5.56 Å². The molecule has 4 nitrogen and oxygen atoms in total. The average Bonchev–Trinajstić information content (AvgIpc) is 3.04. The van der Waals surface area contributed by atoms with Crippen LogP contribution < -0.4 is 0 Å². The summed E-state index contributed by atoms with van der Waals surface area (Å²) in [6.07, 6.45) is 0. The van der Waals surface area contributed by atoms with E-state index in [4.69, 9.17) is 5.26 Å². The molecule has 0 atom stereocenters. The quantitative estimate of drug-likeness (QED) is 0.528. The van der Waals surface area contributed by atoms with Crippen molar-refractivity contribution >= 4 is 16.9 Å². The van der Waals surface area contributed by atoms with E-state index in [-0.39, 0.29) is 5.69 Å². The first kappa shape index (κ1) is 17.6. The van der Waals surface area contributed by atoms with Gasteiger partial charge in [-0.25, -0.2) is 4.79 Å². The highest BCUT2D eigenvalue weighted by Crippen LogP contribution is 2.37. The van der Waals surface area contributed by atoms with Gasteiger partial charge in [-0.05, 0) is 59.5 Å². The number of aryl methyl sites for hydroxylation is 2. The van der Waals surface area contributed by atoms with Gasteiger partial charge in [0.1, 0.15) is 5.69 Å². The lowest BCUT2D eigenvalue weighted by atomic mass is 9.92. The van der Waals surface area contributed by atoms with Crippen LogP contribution in [0.5, 0.6) is 0 Å². The molecule has 0 aliphatic carbocycles. The molecule has 0 unspecified atom stereocenters. The molecule has 3 aromatic carbocycles. The molecule has 1 heterocycles. The molecule has 0 spiro atoms. The van der Waals surface area contributed by atoms with Gasteiger partial charge in [0, 0.05) is 18.0 Å². The second-order valence-corrected chi connectivity index (χ2v) is 6.91. The molecule has 4 rings (SSSR count). The van der Waals surface area contributed by atoms with Crippen LogP contribution in [0.1, 0.15) is 21.6 Å². The molecule has 0 aliphatic rings. The third-order valence-electron chi connectivity index (χ3n) is 5.09. The lowest BCUT2D eigenvalue weighted by molar-refractivity contribution is 0.0687. The van der Waals surface area contributed by atoms with Crippen LogP contribution in [0.4, 0.5) is 0 Å². The Morgan fingerprint density at radius 2 is 1.50 bits per heavy atom. The first-order chi connectivity index (χ1) is 13.5. The fourth-order valence-corrected chi connectivity index (χ4v) is 3.53. The molecular weight excluding hydrogens is 348 g/mol. The van der Waals surface area contributed by atoms with Gasteiger partial charge in [-0.1, -0.05) is 42.0 Å². The number of aromatic nitrogens is 1. The first-order valence-corrected chi connectivity index (χ1v) is 8.92. The summed E-state index contributed by atoms with van der Waals surface area (Å²) in [7, 11) is 1.77. The van der Waals surface area contributed by atoms with Crippen molar-refractivity contribution in [2.24, 2.45) is 7.05 Å².